The molecule has 0 unspecified atom stereocenters. The highest BCUT2D eigenvalue weighted by molar-refractivity contribution is 5.91. The number of anilines is 3. The summed E-state index contributed by atoms with van der Waals surface area (Å²) < 4.78 is 29.2. The highest BCUT2D eigenvalue weighted by Gasteiger charge is 2.19. The van der Waals surface area contributed by atoms with Crippen molar-refractivity contribution < 1.29 is 23.2 Å². The van der Waals surface area contributed by atoms with Crippen LogP contribution in [0.4, 0.5) is 31.5 Å². The van der Waals surface area contributed by atoms with Crippen LogP contribution in [0.15, 0.2) is 30.3 Å². The van der Waals surface area contributed by atoms with Crippen molar-refractivity contribution in [3.05, 3.63) is 51.6 Å². The van der Waals surface area contributed by atoms with Crippen molar-refractivity contribution in [3.63, 3.8) is 0 Å². The molecule has 26 heavy (non-hydrogen) atoms. The van der Waals surface area contributed by atoms with Crippen molar-refractivity contribution in [3.8, 4) is 5.75 Å². The zero-order valence-electron chi connectivity index (χ0n) is 14.3. The summed E-state index contributed by atoms with van der Waals surface area (Å²) in [5, 5.41) is 16.6. The molecule has 0 aliphatic carbocycles. The van der Waals surface area contributed by atoms with E-state index >= 15 is 0 Å². The summed E-state index contributed by atoms with van der Waals surface area (Å²) in [7, 11) is 0. The quantitative estimate of drug-likeness (QED) is 0.580. The molecular formula is C17H17F2N3O4. The Balaban J connectivity index is 2.33. The van der Waals surface area contributed by atoms with E-state index in [0.29, 0.717) is 17.1 Å². The predicted molar refractivity (Wildman–Crippen MR) is 93.2 cm³/mol. The van der Waals surface area contributed by atoms with E-state index in [2.05, 4.69) is 15.4 Å². The molecule has 0 bridgehead atoms. The molecule has 0 saturated heterocycles. The molecule has 138 valence electrons. The third-order valence-corrected chi connectivity index (χ3v) is 3.49. The molecule has 7 nitrogen and oxygen atoms in total. The minimum atomic E-state index is -3.18. The van der Waals surface area contributed by atoms with Crippen LogP contribution < -0.4 is 15.4 Å². The molecule has 0 aliphatic rings. The number of amides is 1. The average Bonchev–Trinajstić information content (AvgIpc) is 2.50. The first kappa shape index (κ1) is 19.1. The first-order chi connectivity index (χ1) is 12.2. The number of hydrogen-bond donors (Lipinski definition) is 2. The fourth-order valence-corrected chi connectivity index (χ4v) is 2.51. The van der Waals surface area contributed by atoms with Crippen LogP contribution >= 0.6 is 0 Å². The first-order valence-corrected chi connectivity index (χ1v) is 7.56. The summed E-state index contributed by atoms with van der Waals surface area (Å²) in [5.74, 6) is -0.723. The number of nitrogens with zero attached hydrogens (tertiary/aromatic N) is 1. The molecule has 2 aromatic rings. The molecule has 2 aromatic carbocycles. The number of carbonyl (C=O) groups excluding carboxylic acids is 1. The van der Waals surface area contributed by atoms with Gasteiger partial charge in [0.1, 0.15) is 0 Å². The Morgan fingerprint density at radius 3 is 2.27 bits per heavy atom. The van der Waals surface area contributed by atoms with Gasteiger partial charge in [-0.15, -0.1) is 0 Å². The van der Waals surface area contributed by atoms with Gasteiger partial charge >= 0.3 is 12.3 Å². The largest absolute Gasteiger partial charge is 0.427 e. The molecule has 0 aliphatic heterocycles. The summed E-state index contributed by atoms with van der Waals surface area (Å²) in [5.41, 5.74) is 2.71. The van der Waals surface area contributed by atoms with Gasteiger partial charge in [0.05, 0.1) is 4.92 Å². The lowest BCUT2D eigenvalue weighted by Gasteiger charge is -2.15. The Morgan fingerprint density at radius 1 is 1.15 bits per heavy atom. The van der Waals surface area contributed by atoms with Crippen LogP contribution in [0.5, 0.6) is 5.75 Å². The van der Waals surface area contributed by atoms with Gasteiger partial charge in [0.15, 0.2) is 0 Å². The number of benzene rings is 2. The SMILES string of the molecule is CC(=O)Nc1c(C)cc(Nc2ccc([N+](=O)[O-])c(OC(F)F)c2)cc1C. The summed E-state index contributed by atoms with van der Waals surface area (Å²) in [4.78, 5) is 21.4. The third-order valence-electron chi connectivity index (χ3n) is 3.49. The van der Waals surface area contributed by atoms with E-state index < -0.39 is 23.0 Å². The van der Waals surface area contributed by atoms with E-state index in [0.717, 1.165) is 23.3 Å². The van der Waals surface area contributed by atoms with E-state index in [4.69, 9.17) is 0 Å². The van der Waals surface area contributed by atoms with Crippen molar-refractivity contribution >= 4 is 28.7 Å². The Labute approximate surface area is 148 Å². The number of alkyl halides is 2. The molecule has 0 heterocycles. The number of nitrogens with one attached hydrogen (secondary N) is 2. The van der Waals surface area contributed by atoms with Crippen LogP contribution in [0.25, 0.3) is 0 Å². The second-order valence-corrected chi connectivity index (χ2v) is 5.61. The van der Waals surface area contributed by atoms with Gasteiger partial charge in [-0.25, -0.2) is 0 Å². The van der Waals surface area contributed by atoms with Crippen molar-refractivity contribution in [2.24, 2.45) is 0 Å². The molecule has 0 saturated carbocycles. The highest BCUT2D eigenvalue weighted by atomic mass is 19.3. The molecule has 1 amide bonds. The van der Waals surface area contributed by atoms with E-state index in [9.17, 15) is 23.7 Å². The molecule has 0 atom stereocenters. The number of aryl methyl sites for hydroxylation is 2. The van der Waals surface area contributed by atoms with E-state index in [-0.39, 0.29) is 5.91 Å². The fraction of sp³-hybridized carbons (Fsp3) is 0.235. The maximum Gasteiger partial charge on any atom is 0.387 e. The zero-order chi connectivity index (χ0) is 19.4. The predicted octanol–water partition coefficient (Wildman–Crippen LogP) is 4.52. The van der Waals surface area contributed by atoms with Gasteiger partial charge in [0.2, 0.25) is 11.7 Å². The van der Waals surface area contributed by atoms with Crippen LogP contribution in [-0.2, 0) is 4.79 Å². The lowest BCUT2D eigenvalue weighted by molar-refractivity contribution is -0.386. The molecule has 9 heteroatoms. The lowest BCUT2D eigenvalue weighted by atomic mass is 10.1. The molecule has 0 radical (unpaired) electrons. The Bertz CT molecular complexity index is 833. The van der Waals surface area contributed by atoms with E-state index in [1.165, 1.54) is 13.0 Å². The maximum atomic E-state index is 12.5. The van der Waals surface area contributed by atoms with Gasteiger partial charge in [-0.2, -0.15) is 8.78 Å². The number of nitro groups is 1. The second-order valence-electron chi connectivity index (χ2n) is 5.61. The molecule has 0 aromatic heterocycles. The van der Waals surface area contributed by atoms with Crippen molar-refractivity contribution in [1.29, 1.82) is 0 Å². The van der Waals surface area contributed by atoms with Gasteiger partial charge in [0.25, 0.3) is 0 Å². The summed E-state index contributed by atoms with van der Waals surface area (Å²) in [6.07, 6.45) is 0. The third kappa shape index (κ3) is 4.65. The van der Waals surface area contributed by atoms with Crippen LogP contribution in [0.2, 0.25) is 0 Å². The van der Waals surface area contributed by atoms with Crippen molar-refractivity contribution in [2.75, 3.05) is 10.6 Å². The Kier molecular flexibility index (Phi) is 5.71. The van der Waals surface area contributed by atoms with E-state index in [1.54, 1.807) is 12.1 Å². The van der Waals surface area contributed by atoms with Gasteiger partial charge in [-0.05, 0) is 43.2 Å². The Hall–Kier alpha value is -3.23. The molecule has 2 rings (SSSR count). The van der Waals surface area contributed by atoms with Crippen LogP contribution in [0.1, 0.15) is 18.1 Å². The number of hydrogen-bond acceptors (Lipinski definition) is 5. The van der Waals surface area contributed by atoms with Gasteiger partial charge in [-0.1, -0.05) is 0 Å². The number of carbonyl (C=O) groups is 1. The molecule has 0 fully saturated rings. The van der Waals surface area contributed by atoms with E-state index in [1.807, 2.05) is 13.8 Å². The molecule has 0 spiro atoms. The normalized spacial score (nSPS) is 10.5. The monoisotopic (exact) mass is 365 g/mol. The number of rotatable bonds is 6. The average molecular weight is 365 g/mol. The maximum absolute atomic E-state index is 12.5. The molecule has 2 N–H and O–H groups in total. The van der Waals surface area contributed by atoms with Crippen molar-refractivity contribution in [2.45, 2.75) is 27.4 Å². The number of nitro benzene ring substituents is 1. The fourth-order valence-electron chi connectivity index (χ4n) is 2.51. The van der Waals surface area contributed by atoms with Gasteiger partial charge in [-0.3, -0.25) is 14.9 Å². The van der Waals surface area contributed by atoms with Gasteiger partial charge in [0, 0.05) is 36.1 Å². The second kappa shape index (κ2) is 7.77. The van der Waals surface area contributed by atoms with Crippen LogP contribution in [0, 0.1) is 24.0 Å². The number of halogens is 2. The van der Waals surface area contributed by atoms with Crippen LogP contribution in [0.3, 0.4) is 0 Å². The topological polar surface area (TPSA) is 93.5 Å². The van der Waals surface area contributed by atoms with Crippen LogP contribution in [-0.4, -0.2) is 17.4 Å². The minimum absolute atomic E-state index is 0.193. The summed E-state index contributed by atoms with van der Waals surface area (Å²) >= 11 is 0. The standard InChI is InChI=1S/C17H17F2N3O4/c1-9-6-13(7-10(2)16(9)20-11(3)23)21-12-4-5-14(22(24)25)15(8-12)26-17(18)19/h4-8,17,21H,1-3H3,(H,20,23). The summed E-state index contributed by atoms with van der Waals surface area (Å²) in [6.45, 7) is 1.85. The minimum Gasteiger partial charge on any atom is -0.427 e. The zero-order valence-corrected chi connectivity index (χ0v) is 14.3. The lowest BCUT2D eigenvalue weighted by Crippen LogP contribution is -2.09. The Morgan fingerprint density at radius 2 is 1.77 bits per heavy atom. The van der Waals surface area contributed by atoms with Gasteiger partial charge < -0.3 is 15.4 Å². The summed E-state index contributed by atoms with van der Waals surface area (Å²) in [6, 6.07) is 7.13. The first-order valence-electron chi connectivity index (χ1n) is 7.56. The highest BCUT2D eigenvalue weighted by Crippen LogP contribution is 2.33. The molecular weight excluding hydrogens is 348 g/mol. The number of ether oxygens (including phenoxy) is 1. The van der Waals surface area contributed by atoms with Crippen molar-refractivity contribution in [1.82, 2.24) is 0 Å². The smallest absolute Gasteiger partial charge is 0.387 e.